The molecule has 1 heterocycles. The van der Waals surface area contributed by atoms with Crippen LogP contribution in [-0.2, 0) is 16.1 Å². The van der Waals surface area contributed by atoms with Crippen molar-refractivity contribution in [3.63, 3.8) is 0 Å². The molecule has 1 aliphatic rings. The fourth-order valence-electron chi connectivity index (χ4n) is 4.63. The van der Waals surface area contributed by atoms with E-state index in [0.717, 1.165) is 22.0 Å². The molecule has 4 rings (SSSR count). The van der Waals surface area contributed by atoms with Gasteiger partial charge < -0.3 is 15.0 Å². The zero-order valence-corrected chi connectivity index (χ0v) is 21.3. The molecule has 0 aliphatic carbocycles. The van der Waals surface area contributed by atoms with E-state index in [9.17, 15) is 14.4 Å². The number of hydrogen-bond acceptors (Lipinski definition) is 4. The summed E-state index contributed by atoms with van der Waals surface area (Å²) < 4.78 is 5.25. The molecule has 3 aromatic rings. The van der Waals surface area contributed by atoms with Crippen LogP contribution < -0.4 is 15.0 Å². The van der Waals surface area contributed by atoms with Gasteiger partial charge in [0.1, 0.15) is 18.3 Å². The molecule has 0 radical (unpaired) electrons. The van der Waals surface area contributed by atoms with Crippen LogP contribution in [0.15, 0.2) is 60.7 Å². The fourth-order valence-corrected chi connectivity index (χ4v) is 4.63. The topological polar surface area (TPSA) is 79.0 Å². The van der Waals surface area contributed by atoms with E-state index in [2.05, 4.69) is 5.32 Å². The number of nitrogens with zero attached hydrogens (tertiary/aromatic N) is 2. The van der Waals surface area contributed by atoms with Crippen molar-refractivity contribution < 1.29 is 19.1 Å². The molecule has 0 aromatic heterocycles. The van der Waals surface area contributed by atoms with Gasteiger partial charge in [-0.25, -0.2) is 0 Å². The third-order valence-corrected chi connectivity index (χ3v) is 6.52. The van der Waals surface area contributed by atoms with E-state index in [1.54, 1.807) is 18.1 Å². The van der Waals surface area contributed by atoms with Crippen molar-refractivity contribution in [2.45, 2.75) is 39.8 Å². The fraction of sp³-hybridized carbons (Fsp3) is 0.345. The monoisotopic (exact) mass is 487 g/mol. The highest BCUT2D eigenvalue weighted by atomic mass is 16.5. The molecule has 0 bridgehead atoms. The molecule has 1 N–H and O–H groups in total. The Morgan fingerprint density at radius 2 is 1.72 bits per heavy atom. The van der Waals surface area contributed by atoms with Gasteiger partial charge in [0.25, 0.3) is 5.91 Å². The summed E-state index contributed by atoms with van der Waals surface area (Å²) in [5.74, 6) is 0.337. The smallest absolute Gasteiger partial charge is 0.259 e. The van der Waals surface area contributed by atoms with Gasteiger partial charge in [0, 0.05) is 24.0 Å². The third kappa shape index (κ3) is 5.05. The normalized spacial score (nSPS) is 13.2. The van der Waals surface area contributed by atoms with Crippen LogP contribution in [0.2, 0.25) is 0 Å². The first-order valence-corrected chi connectivity index (χ1v) is 12.4. The Bertz CT molecular complexity index is 1260. The Kier molecular flexibility index (Phi) is 7.58. The van der Waals surface area contributed by atoms with Crippen molar-refractivity contribution in [3.8, 4) is 5.75 Å². The van der Waals surface area contributed by atoms with Crippen LogP contribution in [0.1, 0.15) is 43.1 Å². The predicted molar refractivity (Wildman–Crippen MR) is 141 cm³/mol. The summed E-state index contributed by atoms with van der Waals surface area (Å²) in [5.41, 5.74) is 2.19. The number of hydrogen-bond donors (Lipinski definition) is 1. The first kappa shape index (κ1) is 25.2. The minimum atomic E-state index is -0.658. The van der Waals surface area contributed by atoms with Gasteiger partial charge in [0.05, 0.1) is 12.8 Å². The number of carbonyl (C=O) groups excluding carboxylic acids is 3. The van der Waals surface area contributed by atoms with E-state index in [1.807, 2.05) is 75.4 Å². The first-order chi connectivity index (χ1) is 17.3. The largest absolute Gasteiger partial charge is 0.497 e. The zero-order chi connectivity index (χ0) is 25.8. The van der Waals surface area contributed by atoms with E-state index in [1.165, 1.54) is 4.90 Å². The molecule has 3 aromatic carbocycles. The Labute approximate surface area is 212 Å². The van der Waals surface area contributed by atoms with Crippen LogP contribution in [0.25, 0.3) is 10.8 Å². The lowest BCUT2D eigenvalue weighted by molar-refractivity contribution is -0.140. The van der Waals surface area contributed by atoms with Crippen LogP contribution in [-0.4, -0.2) is 48.9 Å². The minimum Gasteiger partial charge on any atom is -0.497 e. The second-order valence-corrected chi connectivity index (χ2v) is 9.50. The molecule has 7 nitrogen and oxygen atoms in total. The van der Waals surface area contributed by atoms with Gasteiger partial charge in [-0.2, -0.15) is 0 Å². The number of amides is 3. The van der Waals surface area contributed by atoms with Crippen molar-refractivity contribution in [2.75, 3.05) is 25.1 Å². The Morgan fingerprint density at radius 3 is 2.36 bits per heavy atom. The number of ether oxygens (including phenoxy) is 1. The highest BCUT2D eigenvalue weighted by molar-refractivity contribution is 6.26. The second-order valence-electron chi connectivity index (χ2n) is 9.50. The van der Waals surface area contributed by atoms with Crippen LogP contribution in [0.3, 0.4) is 0 Å². The summed E-state index contributed by atoms with van der Waals surface area (Å²) in [4.78, 5) is 43.4. The number of benzene rings is 3. The molecule has 0 saturated heterocycles. The number of methoxy groups -OCH3 is 1. The van der Waals surface area contributed by atoms with Crippen LogP contribution in [0.4, 0.5) is 5.69 Å². The third-order valence-electron chi connectivity index (χ3n) is 6.52. The molecule has 1 atom stereocenters. The van der Waals surface area contributed by atoms with Crippen molar-refractivity contribution in [2.24, 2.45) is 5.92 Å². The number of nitrogens with one attached hydrogen (secondary N) is 1. The van der Waals surface area contributed by atoms with Crippen LogP contribution in [0, 0.1) is 5.92 Å². The number of anilines is 1. The summed E-state index contributed by atoms with van der Waals surface area (Å²) in [6, 6.07) is 18.1. The molecule has 0 saturated carbocycles. The van der Waals surface area contributed by atoms with E-state index in [4.69, 9.17) is 4.74 Å². The Hall–Kier alpha value is -3.87. The minimum absolute atomic E-state index is 0.142. The quantitative estimate of drug-likeness (QED) is 0.460. The maximum atomic E-state index is 13.8. The molecule has 0 fully saturated rings. The lowest BCUT2D eigenvalue weighted by Gasteiger charge is -2.32. The Balaban J connectivity index is 1.63. The maximum Gasteiger partial charge on any atom is 0.259 e. The molecule has 7 heteroatoms. The van der Waals surface area contributed by atoms with Gasteiger partial charge in [0.2, 0.25) is 11.8 Å². The van der Waals surface area contributed by atoms with E-state index in [-0.39, 0.29) is 30.8 Å². The highest BCUT2D eigenvalue weighted by Crippen LogP contribution is 2.37. The molecule has 3 amide bonds. The Morgan fingerprint density at radius 1 is 1.03 bits per heavy atom. The number of rotatable bonds is 10. The summed E-state index contributed by atoms with van der Waals surface area (Å²) >= 11 is 0. The lowest BCUT2D eigenvalue weighted by atomic mass is 10.1. The highest BCUT2D eigenvalue weighted by Gasteiger charge is 2.35. The second kappa shape index (κ2) is 10.8. The van der Waals surface area contributed by atoms with Gasteiger partial charge in [-0.1, -0.05) is 57.2 Å². The molecule has 0 spiro atoms. The predicted octanol–water partition coefficient (Wildman–Crippen LogP) is 4.39. The molecule has 1 aliphatic heterocycles. The maximum absolute atomic E-state index is 13.8. The van der Waals surface area contributed by atoms with Gasteiger partial charge in [0.15, 0.2) is 0 Å². The van der Waals surface area contributed by atoms with Gasteiger partial charge >= 0.3 is 0 Å². The van der Waals surface area contributed by atoms with Crippen molar-refractivity contribution >= 4 is 34.2 Å². The van der Waals surface area contributed by atoms with Gasteiger partial charge in [-0.15, -0.1) is 0 Å². The van der Waals surface area contributed by atoms with Crippen molar-refractivity contribution in [1.29, 1.82) is 0 Å². The van der Waals surface area contributed by atoms with Crippen LogP contribution in [0.5, 0.6) is 5.75 Å². The average molecular weight is 488 g/mol. The molecular formula is C29H33N3O4. The molecule has 188 valence electrons. The molecular weight excluding hydrogens is 454 g/mol. The SMILES string of the molecule is CC[C@H](C(=O)NCC(C)C)N(Cc1ccc(OC)cc1)C(=O)CN1C(=O)c2cccc3cccc1c23. The summed E-state index contributed by atoms with van der Waals surface area (Å²) in [6.07, 6.45) is 0.454. The van der Waals surface area contributed by atoms with Crippen molar-refractivity contribution in [3.05, 3.63) is 71.8 Å². The summed E-state index contributed by atoms with van der Waals surface area (Å²) in [6.45, 7) is 6.58. The van der Waals surface area contributed by atoms with E-state index in [0.29, 0.717) is 30.2 Å². The zero-order valence-electron chi connectivity index (χ0n) is 21.3. The molecule has 36 heavy (non-hydrogen) atoms. The first-order valence-electron chi connectivity index (χ1n) is 12.4. The standard InChI is InChI=1S/C29H33N3O4/c1-5-24(28(34)30-16-19(2)3)31(17-20-12-14-22(36-4)15-13-20)26(33)18-32-25-11-7-9-21-8-6-10-23(27(21)25)29(32)35/h6-15,19,24H,5,16-18H2,1-4H3,(H,30,34)/t24-/m1/s1. The van der Waals surface area contributed by atoms with E-state index < -0.39 is 6.04 Å². The molecule has 0 unspecified atom stereocenters. The average Bonchev–Trinajstić information content (AvgIpc) is 3.15. The van der Waals surface area contributed by atoms with Crippen molar-refractivity contribution in [1.82, 2.24) is 10.2 Å². The van der Waals surface area contributed by atoms with Gasteiger partial charge in [-0.3, -0.25) is 19.3 Å². The lowest BCUT2D eigenvalue weighted by Crippen LogP contribution is -2.52. The van der Waals surface area contributed by atoms with Gasteiger partial charge in [-0.05, 0) is 47.6 Å². The van der Waals surface area contributed by atoms with Crippen LogP contribution >= 0.6 is 0 Å². The van der Waals surface area contributed by atoms with E-state index >= 15 is 0 Å². The summed E-state index contributed by atoms with van der Waals surface area (Å²) in [5, 5.41) is 4.79. The number of carbonyl (C=O) groups is 3. The summed E-state index contributed by atoms with van der Waals surface area (Å²) in [7, 11) is 1.60.